The minimum atomic E-state index is 0.0381. The third-order valence-electron chi connectivity index (χ3n) is 6.47. The summed E-state index contributed by atoms with van der Waals surface area (Å²) in [4.78, 5) is 11.5. The van der Waals surface area contributed by atoms with Gasteiger partial charge in [0.25, 0.3) is 0 Å². The van der Waals surface area contributed by atoms with Gasteiger partial charge in [-0.3, -0.25) is 0 Å². The lowest BCUT2D eigenvalue weighted by molar-refractivity contribution is 0.0974. The minimum absolute atomic E-state index is 0.0381. The van der Waals surface area contributed by atoms with Gasteiger partial charge < -0.3 is 21.1 Å². The van der Waals surface area contributed by atoms with Gasteiger partial charge in [-0.1, -0.05) is 29.3 Å². The fraction of sp³-hybridized carbons (Fsp3) is 0.450. The van der Waals surface area contributed by atoms with Crippen LogP contribution in [0, 0.1) is 5.41 Å². The van der Waals surface area contributed by atoms with Crippen LogP contribution in [-0.2, 0) is 4.74 Å². The second-order valence-electron chi connectivity index (χ2n) is 8.16. The van der Waals surface area contributed by atoms with E-state index in [-0.39, 0.29) is 17.6 Å². The SMILES string of the molecule is C[C@@H]1OCC2(CCN(c3nc4cnn(-c5cccc(Cl)c5Cl)c4nc3N)CC2)[C@@H]1N. The summed E-state index contributed by atoms with van der Waals surface area (Å²) in [6.45, 7) is 4.38. The maximum absolute atomic E-state index is 6.43. The third kappa shape index (κ3) is 3.01. The molecule has 5 rings (SSSR count). The van der Waals surface area contributed by atoms with E-state index in [0.29, 0.717) is 38.5 Å². The molecule has 10 heteroatoms. The van der Waals surface area contributed by atoms with Crippen molar-refractivity contribution in [2.75, 3.05) is 30.3 Å². The lowest BCUT2D eigenvalue weighted by Gasteiger charge is -2.41. The van der Waals surface area contributed by atoms with Crippen molar-refractivity contribution in [2.45, 2.75) is 31.9 Å². The molecule has 30 heavy (non-hydrogen) atoms. The zero-order valence-electron chi connectivity index (χ0n) is 16.6. The number of aromatic nitrogens is 4. The molecule has 1 spiro atoms. The van der Waals surface area contributed by atoms with E-state index in [4.69, 9.17) is 44.4 Å². The largest absolute Gasteiger partial charge is 0.381 e. The number of nitrogens with zero attached hydrogens (tertiary/aromatic N) is 5. The second kappa shape index (κ2) is 7.23. The fourth-order valence-corrected chi connectivity index (χ4v) is 4.93. The summed E-state index contributed by atoms with van der Waals surface area (Å²) < 4.78 is 7.43. The highest BCUT2D eigenvalue weighted by Gasteiger charge is 2.47. The molecule has 158 valence electrons. The van der Waals surface area contributed by atoms with E-state index >= 15 is 0 Å². The number of nitrogen functional groups attached to an aromatic ring is 1. The predicted octanol–water partition coefficient (Wildman–Crippen LogP) is 3.04. The Morgan fingerprint density at radius 3 is 2.67 bits per heavy atom. The van der Waals surface area contributed by atoms with Crippen LogP contribution in [0.4, 0.5) is 11.6 Å². The Kier molecular flexibility index (Phi) is 4.77. The maximum Gasteiger partial charge on any atom is 0.183 e. The normalized spacial score (nSPS) is 23.5. The predicted molar refractivity (Wildman–Crippen MR) is 118 cm³/mol. The molecular formula is C20H23Cl2N7O. The van der Waals surface area contributed by atoms with Crippen LogP contribution in [0.5, 0.6) is 0 Å². The van der Waals surface area contributed by atoms with Crippen molar-refractivity contribution in [3.63, 3.8) is 0 Å². The van der Waals surface area contributed by atoms with Gasteiger partial charge in [0.05, 0.1) is 34.6 Å². The molecule has 2 aromatic heterocycles. The van der Waals surface area contributed by atoms with Gasteiger partial charge >= 0.3 is 0 Å². The number of anilines is 2. The van der Waals surface area contributed by atoms with Crippen molar-refractivity contribution >= 4 is 46.0 Å². The first-order chi connectivity index (χ1) is 14.4. The molecule has 0 aliphatic carbocycles. The van der Waals surface area contributed by atoms with Crippen LogP contribution in [0.1, 0.15) is 19.8 Å². The van der Waals surface area contributed by atoms with Gasteiger partial charge in [0.15, 0.2) is 17.3 Å². The minimum Gasteiger partial charge on any atom is -0.381 e. The average molecular weight is 448 g/mol. The molecule has 2 saturated heterocycles. The highest BCUT2D eigenvalue weighted by Crippen LogP contribution is 2.42. The van der Waals surface area contributed by atoms with Crippen LogP contribution < -0.4 is 16.4 Å². The van der Waals surface area contributed by atoms with Gasteiger partial charge in [0, 0.05) is 24.5 Å². The molecule has 0 saturated carbocycles. The highest BCUT2D eigenvalue weighted by atomic mass is 35.5. The molecule has 0 unspecified atom stereocenters. The second-order valence-corrected chi connectivity index (χ2v) is 8.95. The number of hydrogen-bond acceptors (Lipinski definition) is 7. The van der Waals surface area contributed by atoms with E-state index in [1.54, 1.807) is 16.9 Å². The molecule has 1 aromatic carbocycles. The van der Waals surface area contributed by atoms with Gasteiger partial charge in [-0.15, -0.1) is 0 Å². The monoisotopic (exact) mass is 447 g/mol. The number of hydrogen-bond donors (Lipinski definition) is 2. The molecule has 3 aromatic rings. The van der Waals surface area contributed by atoms with E-state index in [0.717, 1.165) is 32.5 Å². The molecule has 0 amide bonds. The van der Waals surface area contributed by atoms with Gasteiger partial charge in [0.1, 0.15) is 5.52 Å². The molecule has 0 radical (unpaired) electrons. The molecule has 0 bridgehead atoms. The summed E-state index contributed by atoms with van der Waals surface area (Å²) in [6.07, 6.45) is 3.64. The zero-order valence-corrected chi connectivity index (χ0v) is 18.1. The summed E-state index contributed by atoms with van der Waals surface area (Å²) in [6, 6.07) is 5.42. The molecular weight excluding hydrogens is 425 g/mol. The Bertz CT molecular complexity index is 1110. The standard InChI is InChI=1S/C20H23Cl2N7O/c1-11-16(23)20(10-30-11)5-7-28(8-6-20)19-17(24)27-18-13(26-19)9-25-29(18)14-4-2-3-12(21)15(14)22/h2-4,9,11,16H,5-8,10,23H2,1H3,(H2,24,27)/t11-,16+/m0/s1. The van der Waals surface area contributed by atoms with Crippen molar-refractivity contribution < 1.29 is 4.74 Å². The zero-order chi connectivity index (χ0) is 21.0. The third-order valence-corrected chi connectivity index (χ3v) is 7.28. The van der Waals surface area contributed by atoms with Crippen molar-refractivity contribution in [2.24, 2.45) is 11.1 Å². The summed E-state index contributed by atoms with van der Waals surface area (Å²) in [5.74, 6) is 1.04. The Hall–Kier alpha value is -2.13. The fourth-order valence-electron chi connectivity index (χ4n) is 4.55. The number of piperidine rings is 1. The Morgan fingerprint density at radius 2 is 1.97 bits per heavy atom. The number of benzene rings is 1. The number of rotatable bonds is 2. The van der Waals surface area contributed by atoms with Crippen molar-refractivity contribution in [3.8, 4) is 5.69 Å². The lowest BCUT2D eigenvalue weighted by atomic mass is 9.73. The lowest BCUT2D eigenvalue weighted by Crippen LogP contribution is -2.50. The summed E-state index contributed by atoms with van der Waals surface area (Å²) in [5.41, 5.74) is 14.6. The van der Waals surface area contributed by atoms with Crippen LogP contribution in [0.15, 0.2) is 24.4 Å². The molecule has 2 fully saturated rings. The Morgan fingerprint density at radius 1 is 1.20 bits per heavy atom. The van der Waals surface area contributed by atoms with E-state index in [2.05, 4.69) is 15.0 Å². The summed E-state index contributed by atoms with van der Waals surface area (Å²) in [5, 5.41) is 5.26. The van der Waals surface area contributed by atoms with Crippen molar-refractivity contribution in [1.82, 2.24) is 19.7 Å². The topological polar surface area (TPSA) is 108 Å². The number of halogens is 2. The number of ether oxygens (including phenoxy) is 1. The van der Waals surface area contributed by atoms with E-state index in [9.17, 15) is 0 Å². The van der Waals surface area contributed by atoms with Gasteiger partial charge in [0.2, 0.25) is 0 Å². The van der Waals surface area contributed by atoms with Crippen LogP contribution in [0.25, 0.3) is 16.9 Å². The highest BCUT2D eigenvalue weighted by molar-refractivity contribution is 6.43. The number of nitrogens with two attached hydrogens (primary N) is 2. The van der Waals surface area contributed by atoms with Gasteiger partial charge in [-0.05, 0) is 31.9 Å². The molecule has 2 aliphatic heterocycles. The van der Waals surface area contributed by atoms with Crippen molar-refractivity contribution in [3.05, 3.63) is 34.4 Å². The van der Waals surface area contributed by atoms with Crippen LogP contribution in [0.3, 0.4) is 0 Å². The summed E-state index contributed by atoms with van der Waals surface area (Å²) in [7, 11) is 0. The first-order valence-corrected chi connectivity index (χ1v) is 10.7. The molecule has 2 aliphatic rings. The quantitative estimate of drug-likeness (QED) is 0.621. The van der Waals surface area contributed by atoms with E-state index in [1.165, 1.54) is 0 Å². The Labute approximate surface area is 184 Å². The van der Waals surface area contributed by atoms with Crippen LogP contribution in [0.2, 0.25) is 10.0 Å². The van der Waals surface area contributed by atoms with Crippen molar-refractivity contribution in [1.29, 1.82) is 0 Å². The van der Waals surface area contributed by atoms with E-state index < -0.39 is 0 Å². The first kappa shape index (κ1) is 19.8. The van der Waals surface area contributed by atoms with Gasteiger partial charge in [-0.25, -0.2) is 14.6 Å². The smallest absolute Gasteiger partial charge is 0.183 e. The van der Waals surface area contributed by atoms with Crippen LogP contribution >= 0.6 is 23.2 Å². The van der Waals surface area contributed by atoms with Gasteiger partial charge in [-0.2, -0.15) is 5.10 Å². The summed E-state index contributed by atoms with van der Waals surface area (Å²) >= 11 is 12.5. The number of fused-ring (bicyclic) bond motifs is 1. The Balaban J connectivity index is 1.45. The van der Waals surface area contributed by atoms with Crippen LogP contribution in [-0.4, -0.2) is 51.6 Å². The maximum atomic E-state index is 6.43. The molecule has 2 atom stereocenters. The molecule has 8 nitrogen and oxygen atoms in total. The first-order valence-electron chi connectivity index (χ1n) is 9.97. The van der Waals surface area contributed by atoms with E-state index in [1.807, 2.05) is 19.1 Å². The molecule has 4 N–H and O–H groups in total. The average Bonchev–Trinajstić information content (AvgIpc) is 3.27. The molecule has 4 heterocycles.